The van der Waals surface area contributed by atoms with Crippen molar-refractivity contribution in [3.63, 3.8) is 0 Å². The molecule has 4 nitrogen and oxygen atoms in total. The van der Waals surface area contributed by atoms with Crippen LogP contribution in [-0.2, 0) is 16.6 Å². The molecule has 2 N–H and O–H groups in total. The molecule has 7 heteroatoms. The number of sulfonamides is 1. The van der Waals surface area contributed by atoms with Gasteiger partial charge in [0, 0.05) is 23.4 Å². The summed E-state index contributed by atoms with van der Waals surface area (Å²) in [7, 11) is -1.74. The van der Waals surface area contributed by atoms with E-state index in [2.05, 4.69) is 10.0 Å². The van der Waals surface area contributed by atoms with Crippen LogP contribution in [-0.4, -0.2) is 33.5 Å². The highest BCUT2D eigenvalue weighted by Gasteiger charge is 2.21. The van der Waals surface area contributed by atoms with E-state index < -0.39 is 10.0 Å². The summed E-state index contributed by atoms with van der Waals surface area (Å²) < 4.78 is 27.6. The Kier molecular flexibility index (Phi) is 6.81. The van der Waals surface area contributed by atoms with Crippen LogP contribution in [0.15, 0.2) is 17.0 Å². The van der Waals surface area contributed by atoms with Gasteiger partial charge in [0.05, 0.1) is 4.90 Å². The maximum atomic E-state index is 12.4. The molecular weight excluding hydrogens is 316 g/mol. The monoisotopic (exact) mass is 336 g/mol. The molecule has 0 saturated heterocycles. The van der Waals surface area contributed by atoms with Crippen LogP contribution in [0.4, 0.5) is 0 Å². The molecule has 0 saturated carbocycles. The molecule has 0 spiro atoms. The van der Waals surface area contributed by atoms with Gasteiger partial charge in [0.25, 0.3) is 0 Å². The second-order valence-electron chi connectivity index (χ2n) is 4.70. The maximum absolute atomic E-state index is 12.4. The fourth-order valence-corrected chi connectivity index (χ4v) is 4.52. The van der Waals surface area contributed by atoms with Gasteiger partial charge in [0.1, 0.15) is 0 Å². The summed E-state index contributed by atoms with van der Waals surface area (Å²) in [5, 5.41) is 3.44. The van der Waals surface area contributed by atoms with Crippen LogP contribution in [0, 0.1) is 6.92 Å². The number of nitrogens with one attached hydrogen (secondary N) is 2. The third-order valence-electron chi connectivity index (χ3n) is 2.86. The highest BCUT2D eigenvalue weighted by atomic mass is 35.5. The number of benzene rings is 1. The highest BCUT2D eigenvalue weighted by molar-refractivity contribution is 7.98. The van der Waals surface area contributed by atoms with Crippen LogP contribution in [0.3, 0.4) is 0 Å². The minimum atomic E-state index is -3.55. The average molecular weight is 337 g/mol. The number of rotatable bonds is 7. The van der Waals surface area contributed by atoms with E-state index in [0.717, 1.165) is 16.9 Å². The molecule has 0 aliphatic rings. The molecule has 0 radical (unpaired) electrons. The first-order chi connectivity index (χ1) is 9.31. The molecule has 0 amide bonds. The van der Waals surface area contributed by atoms with Crippen LogP contribution in [0.1, 0.15) is 18.1 Å². The second kappa shape index (κ2) is 7.66. The van der Waals surface area contributed by atoms with Crippen molar-refractivity contribution in [2.45, 2.75) is 31.3 Å². The summed E-state index contributed by atoms with van der Waals surface area (Å²) in [6, 6.07) is 3.17. The van der Waals surface area contributed by atoms with E-state index in [0.29, 0.717) is 11.6 Å². The molecule has 1 rings (SSSR count). The lowest BCUT2D eigenvalue weighted by atomic mass is 10.1. The summed E-state index contributed by atoms with van der Waals surface area (Å²) in [4.78, 5) is 0.253. The zero-order valence-corrected chi connectivity index (χ0v) is 14.5. The van der Waals surface area contributed by atoms with Crippen LogP contribution in [0.25, 0.3) is 0 Å². The summed E-state index contributed by atoms with van der Waals surface area (Å²) in [5.41, 5.74) is 1.62. The summed E-state index contributed by atoms with van der Waals surface area (Å²) >= 11 is 7.64. The molecule has 1 atom stereocenters. The van der Waals surface area contributed by atoms with Crippen molar-refractivity contribution >= 4 is 33.4 Å². The van der Waals surface area contributed by atoms with Crippen molar-refractivity contribution in [2.75, 3.05) is 19.1 Å². The highest BCUT2D eigenvalue weighted by Crippen LogP contribution is 2.24. The summed E-state index contributed by atoms with van der Waals surface area (Å²) in [5.74, 6) is 0.724. The van der Waals surface area contributed by atoms with Gasteiger partial charge in [-0.25, -0.2) is 13.1 Å². The molecule has 20 heavy (non-hydrogen) atoms. The SMILES string of the molecule is CNCc1cc(Cl)cc(S(=O)(=O)NC(C)CSC)c1C. The smallest absolute Gasteiger partial charge is 0.241 e. The van der Waals surface area contributed by atoms with Gasteiger partial charge in [-0.3, -0.25) is 0 Å². The molecule has 114 valence electrons. The van der Waals surface area contributed by atoms with Crippen molar-refractivity contribution in [2.24, 2.45) is 0 Å². The molecule has 0 aliphatic heterocycles. The normalized spacial score (nSPS) is 13.4. The lowest BCUT2D eigenvalue weighted by Gasteiger charge is -2.16. The number of thioether (sulfide) groups is 1. The Labute approximate surface area is 130 Å². The van der Waals surface area contributed by atoms with Gasteiger partial charge in [-0.15, -0.1) is 0 Å². The van der Waals surface area contributed by atoms with Gasteiger partial charge < -0.3 is 5.32 Å². The van der Waals surface area contributed by atoms with Gasteiger partial charge in [-0.05, 0) is 50.4 Å². The van der Waals surface area contributed by atoms with Gasteiger partial charge in [-0.1, -0.05) is 11.6 Å². The molecule has 1 aromatic carbocycles. The first kappa shape index (κ1) is 17.8. The van der Waals surface area contributed by atoms with Gasteiger partial charge >= 0.3 is 0 Å². The maximum Gasteiger partial charge on any atom is 0.241 e. The minimum absolute atomic E-state index is 0.124. The van der Waals surface area contributed by atoms with E-state index in [-0.39, 0.29) is 10.9 Å². The zero-order chi connectivity index (χ0) is 15.3. The van der Waals surface area contributed by atoms with E-state index in [1.807, 2.05) is 20.2 Å². The van der Waals surface area contributed by atoms with E-state index in [1.165, 1.54) is 6.07 Å². The van der Waals surface area contributed by atoms with E-state index in [4.69, 9.17) is 11.6 Å². The van der Waals surface area contributed by atoms with E-state index in [1.54, 1.807) is 24.8 Å². The Hall–Kier alpha value is -0.270. The fourth-order valence-electron chi connectivity index (χ4n) is 1.97. The van der Waals surface area contributed by atoms with Crippen molar-refractivity contribution in [1.29, 1.82) is 0 Å². The molecule has 0 fully saturated rings. The van der Waals surface area contributed by atoms with Crippen LogP contribution in [0.5, 0.6) is 0 Å². The van der Waals surface area contributed by atoms with Crippen LogP contribution < -0.4 is 10.0 Å². The Morgan fingerprint density at radius 3 is 2.60 bits per heavy atom. The lowest BCUT2D eigenvalue weighted by molar-refractivity contribution is 0.570. The lowest BCUT2D eigenvalue weighted by Crippen LogP contribution is -2.34. The average Bonchev–Trinajstić information content (AvgIpc) is 2.33. The first-order valence-electron chi connectivity index (χ1n) is 6.26. The Bertz CT molecular complexity index is 562. The topological polar surface area (TPSA) is 58.2 Å². The molecule has 1 unspecified atom stereocenters. The molecule has 1 aromatic rings. The minimum Gasteiger partial charge on any atom is -0.316 e. The first-order valence-corrected chi connectivity index (χ1v) is 9.52. The van der Waals surface area contributed by atoms with E-state index in [9.17, 15) is 8.42 Å². The molecular formula is C13H21ClN2O2S2. The number of halogens is 1. The van der Waals surface area contributed by atoms with Crippen molar-refractivity contribution < 1.29 is 8.42 Å². The van der Waals surface area contributed by atoms with E-state index >= 15 is 0 Å². The fraction of sp³-hybridized carbons (Fsp3) is 0.538. The Morgan fingerprint density at radius 2 is 2.05 bits per heavy atom. The predicted octanol–water partition coefficient (Wildman–Crippen LogP) is 2.40. The molecule has 0 aromatic heterocycles. The predicted molar refractivity (Wildman–Crippen MR) is 87.1 cm³/mol. The van der Waals surface area contributed by atoms with Crippen LogP contribution in [0.2, 0.25) is 5.02 Å². The van der Waals surface area contributed by atoms with Gasteiger partial charge in [-0.2, -0.15) is 11.8 Å². The van der Waals surface area contributed by atoms with Crippen LogP contribution >= 0.6 is 23.4 Å². The molecule has 0 aliphatic carbocycles. The van der Waals surface area contributed by atoms with Crippen molar-refractivity contribution in [3.8, 4) is 0 Å². The summed E-state index contributed by atoms with van der Waals surface area (Å²) in [6.07, 6.45) is 1.94. The van der Waals surface area contributed by atoms with Crippen molar-refractivity contribution in [1.82, 2.24) is 10.0 Å². The zero-order valence-electron chi connectivity index (χ0n) is 12.2. The third-order valence-corrected chi connectivity index (χ3v) is 5.63. The van der Waals surface area contributed by atoms with Crippen molar-refractivity contribution in [3.05, 3.63) is 28.3 Å². The third kappa shape index (κ3) is 4.63. The Morgan fingerprint density at radius 1 is 1.40 bits per heavy atom. The second-order valence-corrected chi connectivity index (χ2v) is 7.73. The summed E-state index contributed by atoms with van der Waals surface area (Å²) in [6.45, 7) is 4.23. The number of hydrogen-bond acceptors (Lipinski definition) is 4. The quantitative estimate of drug-likeness (QED) is 0.802. The van der Waals surface area contributed by atoms with Gasteiger partial charge in [0.15, 0.2) is 0 Å². The van der Waals surface area contributed by atoms with Gasteiger partial charge in [0.2, 0.25) is 10.0 Å². The molecule has 0 heterocycles. The Balaban J connectivity index is 3.17. The number of hydrogen-bond donors (Lipinski definition) is 2. The largest absolute Gasteiger partial charge is 0.316 e. The molecule has 0 bridgehead atoms. The standard InChI is InChI=1S/C13H21ClN2O2S2/c1-9(8-19-4)16-20(17,18)13-6-12(14)5-11(7-15-3)10(13)2/h5-6,9,15-16H,7-8H2,1-4H3.